The van der Waals surface area contributed by atoms with E-state index in [0.717, 1.165) is 29.3 Å². The van der Waals surface area contributed by atoms with Crippen LogP contribution in [0.25, 0.3) is 0 Å². The Morgan fingerprint density at radius 1 is 1.38 bits per heavy atom. The SMILES string of the molecule is CCCNC(c1cc(C)c(Br)s1)c1ccc(OC)cc1Cl. The van der Waals surface area contributed by atoms with Crippen molar-refractivity contribution in [3.63, 3.8) is 0 Å². The second-order valence-electron chi connectivity index (χ2n) is 4.88. The highest BCUT2D eigenvalue weighted by atomic mass is 79.9. The van der Waals surface area contributed by atoms with Crippen LogP contribution in [0, 0.1) is 6.92 Å². The van der Waals surface area contributed by atoms with E-state index in [1.54, 1.807) is 18.4 Å². The number of aryl methyl sites for hydroxylation is 1. The van der Waals surface area contributed by atoms with Gasteiger partial charge in [-0.25, -0.2) is 0 Å². The minimum Gasteiger partial charge on any atom is -0.497 e. The van der Waals surface area contributed by atoms with Gasteiger partial charge in [-0.2, -0.15) is 0 Å². The summed E-state index contributed by atoms with van der Waals surface area (Å²) >= 11 is 11.8. The molecular formula is C16H19BrClNOS. The summed E-state index contributed by atoms with van der Waals surface area (Å²) in [7, 11) is 1.65. The Morgan fingerprint density at radius 2 is 2.14 bits per heavy atom. The van der Waals surface area contributed by atoms with E-state index < -0.39 is 0 Å². The number of hydrogen-bond acceptors (Lipinski definition) is 3. The van der Waals surface area contributed by atoms with Gasteiger partial charge in [0, 0.05) is 9.90 Å². The van der Waals surface area contributed by atoms with Gasteiger partial charge in [-0.15, -0.1) is 11.3 Å². The van der Waals surface area contributed by atoms with Crippen LogP contribution in [0.4, 0.5) is 0 Å². The van der Waals surface area contributed by atoms with Gasteiger partial charge in [0.2, 0.25) is 0 Å². The van der Waals surface area contributed by atoms with Crippen molar-refractivity contribution in [3.05, 3.63) is 49.1 Å². The summed E-state index contributed by atoms with van der Waals surface area (Å²) in [5.74, 6) is 0.779. The molecule has 1 unspecified atom stereocenters. The monoisotopic (exact) mass is 387 g/mol. The third-order valence-electron chi connectivity index (χ3n) is 3.28. The van der Waals surface area contributed by atoms with Gasteiger partial charge in [0.15, 0.2) is 0 Å². The van der Waals surface area contributed by atoms with Crippen LogP contribution in [0.5, 0.6) is 5.75 Å². The minimum absolute atomic E-state index is 0.110. The second kappa shape index (κ2) is 7.63. The molecule has 0 fully saturated rings. The zero-order valence-electron chi connectivity index (χ0n) is 12.4. The van der Waals surface area contributed by atoms with Gasteiger partial charge in [0.1, 0.15) is 5.75 Å². The van der Waals surface area contributed by atoms with E-state index in [1.807, 2.05) is 18.2 Å². The number of halogens is 2. The maximum Gasteiger partial charge on any atom is 0.120 e. The Morgan fingerprint density at radius 3 is 2.67 bits per heavy atom. The average molecular weight is 389 g/mol. The van der Waals surface area contributed by atoms with E-state index in [1.165, 1.54) is 14.2 Å². The highest BCUT2D eigenvalue weighted by Gasteiger charge is 2.19. The minimum atomic E-state index is 0.110. The predicted molar refractivity (Wildman–Crippen MR) is 94.9 cm³/mol. The van der Waals surface area contributed by atoms with Crippen molar-refractivity contribution in [2.75, 3.05) is 13.7 Å². The number of nitrogens with one attached hydrogen (secondary N) is 1. The van der Waals surface area contributed by atoms with Crippen molar-refractivity contribution in [1.29, 1.82) is 0 Å². The first-order valence-corrected chi connectivity index (χ1v) is 8.88. The topological polar surface area (TPSA) is 21.3 Å². The fourth-order valence-electron chi connectivity index (χ4n) is 2.15. The molecule has 0 aliphatic rings. The molecule has 5 heteroatoms. The van der Waals surface area contributed by atoms with Crippen molar-refractivity contribution in [2.45, 2.75) is 26.3 Å². The smallest absolute Gasteiger partial charge is 0.120 e. The van der Waals surface area contributed by atoms with Gasteiger partial charge >= 0.3 is 0 Å². The predicted octanol–water partition coefficient (Wildman–Crippen LogP) is 5.57. The molecule has 1 atom stereocenters. The molecule has 1 aromatic carbocycles. The van der Waals surface area contributed by atoms with Crippen LogP contribution in [0.2, 0.25) is 5.02 Å². The quantitative estimate of drug-likeness (QED) is 0.698. The Hall–Kier alpha value is -0.550. The average Bonchev–Trinajstić information content (AvgIpc) is 2.80. The Labute approximate surface area is 143 Å². The number of hydrogen-bond donors (Lipinski definition) is 1. The van der Waals surface area contributed by atoms with E-state index in [9.17, 15) is 0 Å². The number of rotatable bonds is 6. The van der Waals surface area contributed by atoms with Gasteiger partial charge in [0.25, 0.3) is 0 Å². The molecule has 1 heterocycles. The summed E-state index contributed by atoms with van der Waals surface area (Å²) in [6, 6.07) is 8.18. The van der Waals surface area contributed by atoms with Gasteiger partial charge in [-0.3, -0.25) is 0 Å². The van der Waals surface area contributed by atoms with E-state index in [4.69, 9.17) is 16.3 Å². The summed E-state index contributed by atoms with van der Waals surface area (Å²) in [4.78, 5) is 1.26. The van der Waals surface area contributed by atoms with Crippen LogP contribution in [-0.4, -0.2) is 13.7 Å². The molecule has 114 valence electrons. The lowest BCUT2D eigenvalue weighted by Gasteiger charge is -2.19. The third kappa shape index (κ3) is 4.01. The molecule has 0 saturated heterocycles. The van der Waals surface area contributed by atoms with E-state index in [-0.39, 0.29) is 6.04 Å². The number of ether oxygens (including phenoxy) is 1. The molecule has 1 N–H and O–H groups in total. The van der Waals surface area contributed by atoms with E-state index >= 15 is 0 Å². The first-order valence-electron chi connectivity index (χ1n) is 6.89. The summed E-state index contributed by atoms with van der Waals surface area (Å²) in [6.45, 7) is 5.22. The lowest BCUT2D eigenvalue weighted by Crippen LogP contribution is -2.22. The van der Waals surface area contributed by atoms with Crippen molar-refractivity contribution in [1.82, 2.24) is 5.32 Å². The van der Waals surface area contributed by atoms with Gasteiger partial charge in [-0.1, -0.05) is 24.6 Å². The van der Waals surface area contributed by atoms with E-state index in [0.29, 0.717) is 0 Å². The summed E-state index contributed by atoms with van der Waals surface area (Å²) in [5, 5.41) is 4.31. The van der Waals surface area contributed by atoms with Gasteiger partial charge in [-0.05, 0) is 65.1 Å². The lowest BCUT2D eigenvalue weighted by molar-refractivity contribution is 0.414. The number of thiophene rings is 1. The molecule has 0 amide bonds. The van der Waals surface area contributed by atoms with Crippen LogP contribution >= 0.6 is 38.9 Å². The fourth-order valence-corrected chi connectivity index (χ4v) is 4.09. The van der Waals surface area contributed by atoms with Crippen molar-refractivity contribution >= 4 is 38.9 Å². The van der Waals surface area contributed by atoms with Crippen LogP contribution in [0.15, 0.2) is 28.1 Å². The maximum atomic E-state index is 6.45. The lowest BCUT2D eigenvalue weighted by atomic mass is 10.0. The largest absolute Gasteiger partial charge is 0.497 e. The summed E-state index contributed by atoms with van der Waals surface area (Å²) in [6.07, 6.45) is 1.08. The first-order chi connectivity index (χ1) is 10.1. The highest BCUT2D eigenvalue weighted by molar-refractivity contribution is 9.11. The van der Waals surface area contributed by atoms with Crippen molar-refractivity contribution in [2.24, 2.45) is 0 Å². The molecule has 0 radical (unpaired) electrons. The standard InChI is InChI=1S/C16H19BrClNOS/c1-4-7-19-15(14-8-10(2)16(17)21-14)12-6-5-11(20-3)9-13(12)18/h5-6,8-9,15,19H,4,7H2,1-3H3. The summed E-state index contributed by atoms with van der Waals surface area (Å²) in [5.41, 5.74) is 2.34. The zero-order valence-corrected chi connectivity index (χ0v) is 15.5. The first kappa shape index (κ1) is 16.8. The fraction of sp³-hybridized carbons (Fsp3) is 0.375. The number of benzene rings is 1. The maximum absolute atomic E-state index is 6.45. The molecule has 0 bridgehead atoms. The normalized spacial score (nSPS) is 12.4. The van der Waals surface area contributed by atoms with Crippen molar-refractivity contribution < 1.29 is 4.74 Å². The molecular weight excluding hydrogens is 370 g/mol. The Balaban J connectivity index is 2.40. The summed E-state index contributed by atoms with van der Waals surface area (Å²) < 4.78 is 6.40. The highest BCUT2D eigenvalue weighted by Crippen LogP contribution is 2.37. The number of methoxy groups -OCH3 is 1. The molecule has 2 rings (SSSR count). The molecule has 0 aliphatic carbocycles. The van der Waals surface area contributed by atoms with Crippen LogP contribution < -0.4 is 10.1 Å². The second-order valence-corrected chi connectivity index (χ2v) is 7.69. The van der Waals surface area contributed by atoms with Gasteiger partial charge in [0.05, 0.1) is 16.9 Å². The van der Waals surface area contributed by atoms with E-state index in [2.05, 4.69) is 41.2 Å². The Bertz CT molecular complexity index is 595. The van der Waals surface area contributed by atoms with Crippen LogP contribution in [0.3, 0.4) is 0 Å². The molecule has 0 saturated carbocycles. The van der Waals surface area contributed by atoms with Crippen LogP contribution in [-0.2, 0) is 0 Å². The third-order valence-corrected chi connectivity index (χ3v) is 5.81. The van der Waals surface area contributed by atoms with Gasteiger partial charge < -0.3 is 10.1 Å². The molecule has 21 heavy (non-hydrogen) atoms. The van der Waals surface area contributed by atoms with Crippen molar-refractivity contribution in [3.8, 4) is 5.75 Å². The van der Waals surface area contributed by atoms with Crippen LogP contribution in [0.1, 0.15) is 35.4 Å². The molecule has 0 aliphatic heterocycles. The molecule has 2 nitrogen and oxygen atoms in total. The molecule has 2 aromatic rings. The Kier molecular flexibility index (Phi) is 6.11. The molecule has 1 aromatic heterocycles. The molecule has 0 spiro atoms. The zero-order chi connectivity index (χ0) is 15.4.